The Balaban J connectivity index is 2.32. The molecule has 1 unspecified atom stereocenters. The van der Waals surface area contributed by atoms with E-state index in [1.54, 1.807) is 12.1 Å². The van der Waals surface area contributed by atoms with Crippen LogP contribution >= 0.6 is 11.8 Å². The van der Waals surface area contributed by atoms with E-state index in [-0.39, 0.29) is 11.7 Å². The molecule has 0 aliphatic heterocycles. The largest absolute Gasteiger partial charge is 0.368 e. The first kappa shape index (κ1) is 18.0. The number of unbranched alkanes of at least 4 members (excludes halogenated alkanes) is 1. The summed E-state index contributed by atoms with van der Waals surface area (Å²) in [6, 6.07) is 6.79. The number of carbonyl (C=O) groups is 1. The summed E-state index contributed by atoms with van der Waals surface area (Å²) in [6.45, 7) is 4.69. The van der Waals surface area contributed by atoms with Crippen LogP contribution in [0.15, 0.2) is 29.2 Å². The van der Waals surface area contributed by atoms with Crippen molar-refractivity contribution in [3.63, 3.8) is 0 Å². The zero-order valence-electron chi connectivity index (χ0n) is 12.8. The van der Waals surface area contributed by atoms with Crippen LogP contribution in [0.5, 0.6) is 0 Å². The molecule has 5 heteroatoms. The maximum absolute atomic E-state index is 13.4. The molecule has 3 N–H and O–H groups in total. The first-order valence-corrected chi connectivity index (χ1v) is 8.40. The molecule has 1 amide bonds. The van der Waals surface area contributed by atoms with Crippen molar-refractivity contribution in [1.29, 1.82) is 0 Å². The molecule has 0 heterocycles. The fourth-order valence-electron chi connectivity index (χ4n) is 2.02. The highest BCUT2D eigenvalue weighted by atomic mass is 32.2. The number of amides is 1. The molecule has 1 aromatic carbocycles. The minimum atomic E-state index is -0.640. The lowest BCUT2D eigenvalue weighted by atomic mass is 9.94. The minimum absolute atomic E-state index is 0.172. The quantitative estimate of drug-likeness (QED) is 0.515. The van der Waals surface area contributed by atoms with Crippen LogP contribution in [0.4, 0.5) is 4.39 Å². The Labute approximate surface area is 130 Å². The van der Waals surface area contributed by atoms with Gasteiger partial charge in [0, 0.05) is 4.90 Å². The molecule has 0 radical (unpaired) electrons. The Morgan fingerprint density at radius 2 is 2.10 bits per heavy atom. The fraction of sp³-hybridized carbons (Fsp3) is 0.562. The maximum Gasteiger partial charge on any atom is 0.237 e. The molecule has 0 fully saturated rings. The number of thioether (sulfide) groups is 1. The van der Waals surface area contributed by atoms with Gasteiger partial charge < -0.3 is 11.1 Å². The lowest BCUT2D eigenvalue weighted by molar-refractivity contribution is -0.124. The van der Waals surface area contributed by atoms with Gasteiger partial charge in [0.1, 0.15) is 5.82 Å². The van der Waals surface area contributed by atoms with E-state index in [0.717, 1.165) is 31.6 Å². The van der Waals surface area contributed by atoms with Gasteiger partial charge in [0.2, 0.25) is 5.91 Å². The zero-order valence-corrected chi connectivity index (χ0v) is 13.6. The second-order valence-electron chi connectivity index (χ2n) is 5.36. The van der Waals surface area contributed by atoms with E-state index in [9.17, 15) is 9.18 Å². The smallest absolute Gasteiger partial charge is 0.237 e. The Bertz CT molecular complexity index is 456. The van der Waals surface area contributed by atoms with Gasteiger partial charge >= 0.3 is 0 Å². The van der Waals surface area contributed by atoms with Gasteiger partial charge in [-0.25, -0.2) is 4.39 Å². The van der Waals surface area contributed by atoms with Gasteiger partial charge in [-0.05, 0) is 50.6 Å². The van der Waals surface area contributed by atoms with Crippen molar-refractivity contribution in [2.45, 2.75) is 50.0 Å². The van der Waals surface area contributed by atoms with Gasteiger partial charge in [-0.2, -0.15) is 0 Å². The number of nitrogens with one attached hydrogen (secondary N) is 1. The number of hydrogen-bond donors (Lipinski definition) is 2. The normalized spacial score (nSPS) is 13.9. The molecular formula is C16H25FN2OS. The van der Waals surface area contributed by atoms with Crippen molar-refractivity contribution in [2.24, 2.45) is 5.73 Å². The molecule has 1 rings (SSSR count). The van der Waals surface area contributed by atoms with Gasteiger partial charge in [-0.1, -0.05) is 25.5 Å². The van der Waals surface area contributed by atoms with Crippen LogP contribution in [-0.4, -0.2) is 23.7 Å². The third-order valence-corrected chi connectivity index (χ3v) is 4.61. The molecule has 0 saturated heterocycles. The summed E-state index contributed by atoms with van der Waals surface area (Å²) in [5.74, 6) is 0.357. The number of halogens is 1. The standard InChI is InChI=1S/C16H25FN2OS/c1-3-11-19-16(2,15(18)20)10-6-7-12-21-14-9-5-4-8-13(14)17/h4-5,8-9,19H,3,6-7,10-12H2,1-2H3,(H2,18,20). The Kier molecular flexibility index (Phi) is 7.75. The molecule has 3 nitrogen and oxygen atoms in total. The topological polar surface area (TPSA) is 55.1 Å². The number of hydrogen-bond acceptors (Lipinski definition) is 3. The minimum Gasteiger partial charge on any atom is -0.368 e. The van der Waals surface area contributed by atoms with Crippen LogP contribution in [0.3, 0.4) is 0 Å². The van der Waals surface area contributed by atoms with Crippen LogP contribution in [0.25, 0.3) is 0 Å². The lowest BCUT2D eigenvalue weighted by Gasteiger charge is -2.27. The summed E-state index contributed by atoms with van der Waals surface area (Å²) in [5, 5.41) is 3.22. The van der Waals surface area contributed by atoms with E-state index in [1.807, 2.05) is 13.0 Å². The maximum atomic E-state index is 13.4. The molecule has 0 aliphatic carbocycles. The molecule has 0 spiro atoms. The summed E-state index contributed by atoms with van der Waals surface area (Å²) in [7, 11) is 0. The molecule has 1 aromatic rings. The van der Waals surface area contributed by atoms with Crippen molar-refractivity contribution in [2.75, 3.05) is 12.3 Å². The summed E-state index contributed by atoms with van der Waals surface area (Å²) in [6.07, 6.45) is 3.49. The predicted octanol–water partition coefficient (Wildman–Crippen LogP) is 3.33. The number of rotatable bonds is 10. The van der Waals surface area contributed by atoms with Gasteiger partial charge in [0.25, 0.3) is 0 Å². The Morgan fingerprint density at radius 3 is 2.71 bits per heavy atom. The SMILES string of the molecule is CCCNC(C)(CCCCSc1ccccc1F)C(N)=O. The number of nitrogens with two attached hydrogens (primary N) is 1. The van der Waals surface area contributed by atoms with Crippen molar-refractivity contribution in [3.05, 3.63) is 30.1 Å². The average Bonchev–Trinajstić information content (AvgIpc) is 2.46. The highest BCUT2D eigenvalue weighted by Crippen LogP contribution is 2.23. The van der Waals surface area contributed by atoms with E-state index >= 15 is 0 Å². The Hall–Kier alpha value is -1.07. The van der Waals surface area contributed by atoms with E-state index in [0.29, 0.717) is 11.3 Å². The van der Waals surface area contributed by atoms with Gasteiger partial charge in [0.05, 0.1) is 5.54 Å². The van der Waals surface area contributed by atoms with E-state index < -0.39 is 5.54 Å². The number of carbonyl (C=O) groups excluding carboxylic acids is 1. The number of primary amides is 1. The van der Waals surface area contributed by atoms with Crippen molar-refractivity contribution >= 4 is 17.7 Å². The van der Waals surface area contributed by atoms with Crippen LogP contribution in [-0.2, 0) is 4.79 Å². The first-order chi connectivity index (χ1) is 9.99. The van der Waals surface area contributed by atoms with Crippen molar-refractivity contribution in [1.82, 2.24) is 5.32 Å². The molecular weight excluding hydrogens is 287 g/mol. The summed E-state index contributed by atoms with van der Waals surface area (Å²) in [4.78, 5) is 12.2. The molecule has 0 saturated carbocycles. The van der Waals surface area contributed by atoms with Crippen LogP contribution in [0.1, 0.15) is 39.5 Å². The van der Waals surface area contributed by atoms with E-state index in [2.05, 4.69) is 12.2 Å². The predicted molar refractivity (Wildman–Crippen MR) is 86.9 cm³/mol. The van der Waals surface area contributed by atoms with E-state index in [1.165, 1.54) is 17.8 Å². The Morgan fingerprint density at radius 1 is 1.38 bits per heavy atom. The molecule has 21 heavy (non-hydrogen) atoms. The highest BCUT2D eigenvalue weighted by Gasteiger charge is 2.29. The fourth-order valence-corrected chi connectivity index (χ4v) is 2.97. The summed E-state index contributed by atoms with van der Waals surface area (Å²) in [5.41, 5.74) is 4.84. The molecule has 0 aliphatic rings. The second kappa shape index (κ2) is 9.05. The molecule has 118 valence electrons. The van der Waals surface area contributed by atoms with Gasteiger partial charge in [-0.3, -0.25) is 4.79 Å². The zero-order chi connectivity index (χ0) is 15.7. The van der Waals surface area contributed by atoms with Gasteiger partial charge in [-0.15, -0.1) is 11.8 Å². The average molecular weight is 312 g/mol. The third kappa shape index (κ3) is 6.06. The molecule has 0 bridgehead atoms. The third-order valence-electron chi connectivity index (χ3n) is 3.47. The second-order valence-corrected chi connectivity index (χ2v) is 6.50. The van der Waals surface area contributed by atoms with Crippen molar-refractivity contribution < 1.29 is 9.18 Å². The summed E-state index contributed by atoms with van der Waals surface area (Å²) < 4.78 is 13.4. The number of benzene rings is 1. The monoisotopic (exact) mass is 312 g/mol. The van der Waals surface area contributed by atoms with Crippen LogP contribution in [0, 0.1) is 5.82 Å². The first-order valence-electron chi connectivity index (χ1n) is 7.42. The highest BCUT2D eigenvalue weighted by molar-refractivity contribution is 7.99. The summed E-state index contributed by atoms with van der Waals surface area (Å²) >= 11 is 1.51. The van der Waals surface area contributed by atoms with E-state index in [4.69, 9.17) is 5.73 Å². The molecule has 0 aromatic heterocycles. The molecule has 1 atom stereocenters. The van der Waals surface area contributed by atoms with Crippen molar-refractivity contribution in [3.8, 4) is 0 Å². The van der Waals surface area contributed by atoms with Crippen LogP contribution in [0.2, 0.25) is 0 Å². The van der Waals surface area contributed by atoms with Crippen LogP contribution < -0.4 is 11.1 Å². The van der Waals surface area contributed by atoms with Gasteiger partial charge in [0.15, 0.2) is 0 Å². The lowest BCUT2D eigenvalue weighted by Crippen LogP contribution is -2.53.